The summed E-state index contributed by atoms with van der Waals surface area (Å²) in [5, 5.41) is 4.44. The molecule has 3 aliphatic heterocycles. The van der Waals surface area contributed by atoms with E-state index in [1.165, 1.54) is 17.7 Å². The normalized spacial score (nSPS) is 21.1. The van der Waals surface area contributed by atoms with E-state index in [4.69, 9.17) is 9.57 Å². The van der Waals surface area contributed by atoms with E-state index < -0.39 is 10.0 Å². The molecule has 0 aliphatic carbocycles. The second kappa shape index (κ2) is 11.9. The number of rotatable bonds is 8. The molecule has 0 saturated carbocycles. The average Bonchev–Trinajstić information content (AvgIpc) is 3.38. The van der Waals surface area contributed by atoms with Gasteiger partial charge in [0.05, 0.1) is 16.5 Å². The monoisotopic (exact) mass is 590 g/mol. The molecule has 10 heteroatoms. The zero-order chi connectivity index (χ0) is 29.3. The van der Waals surface area contributed by atoms with Crippen molar-refractivity contribution in [3.05, 3.63) is 94.8 Å². The van der Waals surface area contributed by atoms with Gasteiger partial charge in [-0.2, -0.15) is 0 Å². The molecule has 0 bridgehead atoms. The van der Waals surface area contributed by atoms with E-state index >= 15 is 0 Å². The molecule has 0 radical (unpaired) electrons. The maximum absolute atomic E-state index is 13.2. The van der Waals surface area contributed by atoms with Crippen LogP contribution in [0.1, 0.15) is 23.6 Å². The summed E-state index contributed by atoms with van der Waals surface area (Å²) in [6.07, 6.45) is 2.01. The Bertz CT molecular complexity index is 1600. The number of piperazine rings is 1. The van der Waals surface area contributed by atoms with Gasteiger partial charge in [0.2, 0.25) is 0 Å². The van der Waals surface area contributed by atoms with Crippen LogP contribution in [-0.2, 0) is 14.9 Å². The number of hydrogen-bond donors (Lipinski definition) is 1. The molecule has 3 heterocycles. The number of anilines is 1. The lowest BCUT2D eigenvalue weighted by Gasteiger charge is -2.36. The van der Waals surface area contributed by atoms with Crippen LogP contribution in [0.15, 0.2) is 82.4 Å². The second-order valence-electron chi connectivity index (χ2n) is 11.3. The number of benzene rings is 3. The molecule has 6 rings (SSSR count). The quantitative estimate of drug-likeness (QED) is 0.407. The molecule has 1 saturated heterocycles. The SMILES string of the molecule is CC(=Cc1ccc(F)cc1)CN1CCN(CC2ON=C3c4ccc(NS(=O)(=O)c5ccc(C)cc5)cc4OCC32)CC1. The van der Waals surface area contributed by atoms with Gasteiger partial charge in [-0.15, -0.1) is 0 Å². The van der Waals surface area contributed by atoms with Crippen molar-refractivity contribution in [1.82, 2.24) is 9.80 Å². The van der Waals surface area contributed by atoms with Gasteiger partial charge in [0, 0.05) is 50.9 Å². The fraction of sp³-hybridized carbons (Fsp3) is 0.344. The van der Waals surface area contributed by atoms with Crippen LogP contribution < -0.4 is 9.46 Å². The van der Waals surface area contributed by atoms with Gasteiger partial charge in [-0.1, -0.05) is 46.6 Å². The lowest BCUT2D eigenvalue weighted by molar-refractivity contribution is 0.0101. The Morgan fingerprint density at radius 2 is 1.74 bits per heavy atom. The Morgan fingerprint density at radius 1 is 1.02 bits per heavy atom. The highest BCUT2D eigenvalue weighted by molar-refractivity contribution is 7.92. The number of ether oxygens (including phenoxy) is 1. The minimum Gasteiger partial charge on any atom is -0.492 e. The third-order valence-corrected chi connectivity index (χ3v) is 9.40. The van der Waals surface area contributed by atoms with Gasteiger partial charge in [-0.3, -0.25) is 14.5 Å². The summed E-state index contributed by atoms with van der Waals surface area (Å²) in [6, 6.07) is 18.6. The van der Waals surface area contributed by atoms with Gasteiger partial charge in [-0.05, 0) is 55.8 Å². The van der Waals surface area contributed by atoms with E-state index in [1.807, 2.05) is 13.0 Å². The Hall–Kier alpha value is -3.73. The van der Waals surface area contributed by atoms with Crippen LogP contribution in [0.3, 0.4) is 0 Å². The van der Waals surface area contributed by atoms with Crippen LogP contribution in [-0.4, -0.2) is 75.9 Å². The molecule has 3 aromatic carbocycles. The van der Waals surface area contributed by atoms with Crippen LogP contribution >= 0.6 is 0 Å². The van der Waals surface area contributed by atoms with E-state index in [0.717, 1.165) is 61.7 Å². The van der Waals surface area contributed by atoms with Gasteiger partial charge in [0.15, 0.2) is 6.10 Å². The van der Waals surface area contributed by atoms with Crippen molar-refractivity contribution in [3.63, 3.8) is 0 Å². The number of aryl methyl sites for hydroxylation is 1. The van der Waals surface area contributed by atoms with Gasteiger partial charge in [0.1, 0.15) is 23.9 Å². The van der Waals surface area contributed by atoms with E-state index in [0.29, 0.717) is 18.0 Å². The summed E-state index contributed by atoms with van der Waals surface area (Å²) in [7, 11) is -3.71. The number of fused-ring (bicyclic) bond motifs is 3. The second-order valence-corrected chi connectivity index (χ2v) is 13.0. The number of hydrogen-bond acceptors (Lipinski definition) is 7. The highest BCUT2D eigenvalue weighted by Gasteiger charge is 2.41. The fourth-order valence-corrected chi connectivity index (χ4v) is 6.74. The van der Waals surface area contributed by atoms with Crippen molar-refractivity contribution in [2.75, 3.05) is 50.6 Å². The Balaban J connectivity index is 1.02. The lowest BCUT2D eigenvalue weighted by Crippen LogP contribution is -2.50. The predicted molar refractivity (Wildman–Crippen MR) is 162 cm³/mol. The van der Waals surface area contributed by atoms with Crippen LogP contribution in [0.4, 0.5) is 10.1 Å². The van der Waals surface area contributed by atoms with Gasteiger partial charge in [0.25, 0.3) is 10.0 Å². The summed E-state index contributed by atoms with van der Waals surface area (Å²) in [5.41, 5.74) is 5.38. The largest absolute Gasteiger partial charge is 0.492 e. The maximum atomic E-state index is 13.2. The zero-order valence-corrected chi connectivity index (χ0v) is 24.6. The first kappa shape index (κ1) is 28.4. The molecule has 2 unspecified atom stereocenters. The topological polar surface area (TPSA) is 83.5 Å². The molecule has 0 amide bonds. The molecule has 1 fully saturated rings. The minimum absolute atomic E-state index is 0.0199. The number of nitrogens with zero attached hydrogens (tertiary/aromatic N) is 3. The number of oxime groups is 1. The number of sulfonamides is 1. The molecule has 3 aromatic rings. The standard InChI is InChI=1S/C32H35FN4O4S/c1-22-3-10-27(11-4-22)42(38,39)35-26-9-12-28-30(18-26)40-21-29-31(41-34-32(28)29)20-37-15-13-36(14-16-37)19-23(2)17-24-5-7-25(33)8-6-24/h3-12,17-18,29,31,35H,13-16,19-21H2,1-2H3. The molecule has 1 N–H and O–H groups in total. The first-order valence-electron chi connectivity index (χ1n) is 14.2. The third kappa shape index (κ3) is 6.35. The summed E-state index contributed by atoms with van der Waals surface area (Å²) in [4.78, 5) is 11.0. The van der Waals surface area contributed by atoms with Gasteiger partial charge >= 0.3 is 0 Å². The Labute approximate surface area is 246 Å². The van der Waals surface area contributed by atoms with Gasteiger partial charge in [-0.25, -0.2) is 12.8 Å². The molecule has 8 nitrogen and oxygen atoms in total. The smallest absolute Gasteiger partial charge is 0.261 e. The van der Waals surface area contributed by atoms with Crippen LogP contribution in [0, 0.1) is 18.7 Å². The molecule has 220 valence electrons. The van der Waals surface area contributed by atoms with Crippen LogP contribution in [0.5, 0.6) is 5.75 Å². The van der Waals surface area contributed by atoms with Crippen molar-refractivity contribution in [3.8, 4) is 5.75 Å². The number of nitrogens with one attached hydrogen (secondary N) is 1. The summed E-state index contributed by atoms with van der Waals surface area (Å²) in [6.45, 7) is 9.90. The number of halogens is 1. The Morgan fingerprint density at radius 3 is 2.48 bits per heavy atom. The summed E-state index contributed by atoms with van der Waals surface area (Å²) < 4.78 is 47.6. The third-order valence-electron chi connectivity index (χ3n) is 8.01. The van der Waals surface area contributed by atoms with E-state index in [-0.39, 0.29) is 22.7 Å². The van der Waals surface area contributed by atoms with Crippen molar-refractivity contribution < 1.29 is 22.4 Å². The van der Waals surface area contributed by atoms with Gasteiger partial charge < -0.3 is 9.57 Å². The van der Waals surface area contributed by atoms with Crippen molar-refractivity contribution in [2.24, 2.45) is 11.1 Å². The van der Waals surface area contributed by atoms with E-state index in [2.05, 4.69) is 32.7 Å². The lowest BCUT2D eigenvalue weighted by atomic mass is 9.90. The first-order chi connectivity index (χ1) is 20.2. The molecule has 3 aliphatic rings. The fourth-order valence-electron chi connectivity index (χ4n) is 5.69. The Kier molecular flexibility index (Phi) is 8.02. The summed E-state index contributed by atoms with van der Waals surface area (Å²) >= 11 is 0. The highest BCUT2D eigenvalue weighted by atomic mass is 32.2. The van der Waals surface area contributed by atoms with Crippen LogP contribution in [0.25, 0.3) is 6.08 Å². The van der Waals surface area contributed by atoms with Crippen molar-refractivity contribution >= 4 is 27.5 Å². The molecular weight excluding hydrogens is 555 g/mol. The maximum Gasteiger partial charge on any atom is 0.261 e. The van der Waals surface area contributed by atoms with E-state index in [9.17, 15) is 12.8 Å². The van der Waals surface area contributed by atoms with E-state index in [1.54, 1.807) is 48.5 Å². The predicted octanol–water partition coefficient (Wildman–Crippen LogP) is 4.77. The summed E-state index contributed by atoms with van der Waals surface area (Å²) in [5.74, 6) is 0.393. The minimum atomic E-state index is -3.71. The molecule has 42 heavy (non-hydrogen) atoms. The molecule has 0 spiro atoms. The average molecular weight is 591 g/mol. The van der Waals surface area contributed by atoms with Crippen molar-refractivity contribution in [1.29, 1.82) is 0 Å². The molecule has 0 aromatic heterocycles. The zero-order valence-electron chi connectivity index (χ0n) is 23.8. The van der Waals surface area contributed by atoms with Crippen molar-refractivity contribution in [2.45, 2.75) is 24.8 Å². The van der Waals surface area contributed by atoms with Crippen LogP contribution in [0.2, 0.25) is 0 Å². The molecule has 2 atom stereocenters. The molecular formula is C32H35FN4O4S. The first-order valence-corrected chi connectivity index (χ1v) is 15.7. The highest BCUT2D eigenvalue weighted by Crippen LogP contribution is 2.36.